The molecule has 3 fully saturated rings. The highest BCUT2D eigenvalue weighted by molar-refractivity contribution is 6.32. The summed E-state index contributed by atoms with van der Waals surface area (Å²) in [6, 6.07) is 1.78. The second-order valence-electron chi connectivity index (χ2n) is 7.28. The van der Waals surface area contributed by atoms with Crippen LogP contribution in [0.3, 0.4) is 0 Å². The first-order valence-electron chi connectivity index (χ1n) is 8.96. The zero-order chi connectivity index (χ0) is 17.7. The summed E-state index contributed by atoms with van der Waals surface area (Å²) < 4.78 is 13.6. The Morgan fingerprint density at radius 2 is 2.00 bits per heavy atom. The average molecular weight is 373 g/mol. The Bertz CT molecular complexity index is 965. The maximum absolute atomic E-state index is 13.6. The van der Waals surface area contributed by atoms with Gasteiger partial charge in [0.05, 0.1) is 17.8 Å². The van der Waals surface area contributed by atoms with E-state index in [1.165, 1.54) is 38.2 Å². The number of hydrogen-bond donors (Lipinski definition) is 2. The number of rotatable bonds is 3. The van der Waals surface area contributed by atoms with Crippen LogP contribution in [0.4, 0.5) is 10.2 Å². The molecule has 3 heterocycles. The summed E-state index contributed by atoms with van der Waals surface area (Å²) in [5.41, 5.74) is 0.968. The van der Waals surface area contributed by atoms with Gasteiger partial charge in [-0.3, -0.25) is 5.10 Å². The van der Waals surface area contributed by atoms with Gasteiger partial charge in [0, 0.05) is 6.04 Å². The SMILES string of the molecule is Fc1cnc2n[nH]c(-c3ncc(Cl)c(NC4CC5CCC4CC5)n3)c2c1. The van der Waals surface area contributed by atoms with Gasteiger partial charge in [-0.1, -0.05) is 24.4 Å². The fraction of sp³-hybridized carbons (Fsp3) is 0.444. The molecular formula is C18H18ClFN6. The van der Waals surface area contributed by atoms with Gasteiger partial charge in [0.15, 0.2) is 11.5 Å². The summed E-state index contributed by atoms with van der Waals surface area (Å²) in [4.78, 5) is 12.9. The van der Waals surface area contributed by atoms with E-state index >= 15 is 0 Å². The van der Waals surface area contributed by atoms with Crippen molar-refractivity contribution in [3.05, 3.63) is 29.3 Å². The van der Waals surface area contributed by atoms with Crippen LogP contribution in [0, 0.1) is 17.7 Å². The largest absolute Gasteiger partial charge is 0.366 e. The fourth-order valence-electron chi connectivity index (χ4n) is 4.36. The van der Waals surface area contributed by atoms with Crippen LogP contribution >= 0.6 is 11.6 Å². The van der Waals surface area contributed by atoms with E-state index in [2.05, 4.69) is 30.5 Å². The molecule has 2 N–H and O–H groups in total. The Labute approximate surface area is 154 Å². The van der Waals surface area contributed by atoms with Crippen molar-refractivity contribution < 1.29 is 4.39 Å². The van der Waals surface area contributed by atoms with Crippen LogP contribution in [-0.2, 0) is 0 Å². The van der Waals surface area contributed by atoms with Gasteiger partial charge in [-0.2, -0.15) is 5.10 Å². The second kappa shape index (κ2) is 6.16. The first-order valence-corrected chi connectivity index (χ1v) is 9.34. The molecule has 6 rings (SSSR count). The Balaban J connectivity index is 1.49. The van der Waals surface area contributed by atoms with Crippen molar-refractivity contribution in [2.24, 2.45) is 11.8 Å². The minimum Gasteiger partial charge on any atom is -0.366 e. The van der Waals surface area contributed by atoms with Crippen LogP contribution in [0.5, 0.6) is 0 Å². The second-order valence-corrected chi connectivity index (χ2v) is 7.69. The molecule has 0 radical (unpaired) electrons. The van der Waals surface area contributed by atoms with E-state index < -0.39 is 5.82 Å². The number of halogens is 2. The molecule has 0 aliphatic heterocycles. The summed E-state index contributed by atoms with van der Waals surface area (Å²) in [5, 5.41) is 11.5. The number of nitrogens with zero attached hydrogens (tertiary/aromatic N) is 4. The molecule has 1 atom stereocenters. The minimum atomic E-state index is -0.425. The molecule has 2 bridgehead atoms. The number of pyridine rings is 1. The smallest absolute Gasteiger partial charge is 0.181 e. The average Bonchev–Trinajstić information content (AvgIpc) is 3.07. The predicted molar refractivity (Wildman–Crippen MR) is 97.4 cm³/mol. The lowest BCUT2D eigenvalue weighted by molar-refractivity contribution is 0.157. The van der Waals surface area contributed by atoms with E-state index in [1.807, 2.05) is 0 Å². The summed E-state index contributed by atoms with van der Waals surface area (Å²) in [6.07, 6.45) is 9.10. The van der Waals surface area contributed by atoms with Gasteiger partial charge in [-0.25, -0.2) is 19.3 Å². The normalized spacial score (nSPS) is 24.9. The van der Waals surface area contributed by atoms with Gasteiger partial charge in [0.25, 0.3) is 0 Å². The van der Waals surface area contributed by atoms with Gasteiger partial charge >= 0.3 is 0 Å². The molecule has 0 saturated heterocycles. The summed E-state index contributed by atoms with van der Waals surface area (Å²) in [7, 11) is 0. The third kappa shape index (κ3) is 2.70. The topological polar surface area (TPSA) is 79.4 Å². The van der Waals surface area contributed by atoms with Crippen molar-refractivity contribution in [2.75, 3.05) is 5.32 Å². The molecule has 134 valence electrons. The quantitative estimate of drug-likeness (QED) is 0.720. The van der Waals surface area contributed by atoms with Crippen molar-refractivity contribution in [3.8, 4) is 11.5 Å². The summed E-state index contributed by atoms with van der Waals surface area (Å²) in [5.74, 6) is 2.11. The van der Waals surface area contributed by atoms with Crippen LogP contribution in [-0.4, -0.2) is 31.2 Å². The van der Waals surface area contributed by atoms with Crippen LogP contribution in [0.25, 0.3) is 22.6 Å². The number of hydrogen-bond acceptors (Lipinski definition) is 5. The van der Waals surface area contributed by atoms with E-state index in [1.54, 1.807) is 6.20 Å². The van der Waals surface area contributed by atoms with Gasteiger partial charge < -0.3 is 5.32 Å². The molecule has 0 aromatic carbocycles. The molecule has 3 aliphatic rings. The Morgan fingerprint density at radius 1 is 1.15 bits per heavy atom. The monoisotopic (exact) mass is 372 g/mol. The van der Waals surface area contributed by atoms with Crippen LogP contribution in [0.2, 0.25) is 5.02 Å². The molecular weight excluding hydrogens is 355 g/mol. The van der Waals surface area contributed by atoms with Crippen LogP contribution in [0.15, 0.2) is 18.5 Å². The number of aromatic nitrogens is 5. The number of fused-ring (bicyclic) bond motifs is 4. The number of anilines is 1. The number of H-pyrrole nitrogens is 1. The first-order chi connectivity index (χ1) is 12.7. The zero-order valence-corrected chi connectivity index (χ0v) is 14.8. The fourth-order valence-corrected chi connectivity index (χ4v) is 4.51. The van der Waals surface area contributed by atoms with Crippen molar-refractivity contribution >= 4 is 28.5 Å². The molecule has 0 amide bonds. The summed E-state index contributed by atoms with van der Waals surface area (Å²) >= 11 is 6.34. The minimum absolute atomic E-state index is 0.403. The van der Waals surface area contributed by atoms with Gasteiger partial charge in [0.1, 0.15) is 22.4 Å². The van der Waals surface area contributed by atoms with E-state index in [-0.39, 0.29) is 0 Å². The number of aromatic amines is 1. The third-order valence-corrected chi connectivity index (χ3v) is 5.99. The molecule has 3 aromatic heterocycles. The number of nitrogens with one attached hydrogen (secondary N) is 2. The lowest BCUT2D eigenvalue weighted by atomic mass is 9.68. The Hall–Kier alpha value is -2.28. The molecule has 8 heteroatoms. The maximum Gasteiger partial charge on any atom is 0.181 e. The van der Waals surface area contributed by atoms with E-state index in [0.717, 1.165) is 12.1 Å². The highest BCUT2D eigenvalue weighted by Crippen LogP contribution is 2.42. The van der Waals surface area contributed by atoms with Gasteiger partial charge in [-0.15, -0.1) is 0 Å². The van der Waals surface area contributed by atoms with Crippen LogP contribution < -0.4 is 5.32 Å². The highest BCUT2D eigenvalue weighted by atomic mass is 35.5. The maximum atomic E-state index is 13.6. The summed E-state index contributed by atoms with van der Waals surface area (Å²) in [6.45, 7) is 0. The standard InChI is InChI=1S/C18H18ClFN6/c19-13-8-22-18(15-12-6-11(20)7-21-16(12)26-25-15)24-17(13)23-14-5-9-1-3-10(14)4-2-9/h6-10,14H,1-5H2,(H,21,25,26)(H,22,23,24). The van der Waals surface area contributed by atoms with Crippen molar-refractivity contribution in [3.63, 3.8) is 0 Å². The Kier molecular flexibility index (Phi) is 3.77. The molecule has 3 saturated carbocycles. The predicted octanol–water partition coefficient (Wildman–Crippen LogP) is 4.20. The lowest BCUT2D eigenvalue weighted by Crippen LogP contribution is -2.40. The molecule has 1 unspecified atom stereocenters. The van der Waals surface area contributed by atoms with Gasteiger partial charge in [-0.05, 0) is 37.2 Å². The van der Waals surface area contributed by atoms with E-state index in [0.29, 0.717) is 45.4 Å². The first kappa shape index (κ1) is 15.9. The molecule has 3 aliphatic carbocycles. The zero-order valence-electron chi connectivity index (χ0n) is 14.0. The van der Waals surface area contributed by atoms with Crippen molar-refractivity contribution in [1.82, 2.24) is 25.1 Å². The molecule has 26 heavy (non-hydrogen) atoms. The highest BCUT2D eigenvalue weighted by Gasteiger charge is 2.35. The molecule has 6 nitrogen and oxygen atoms in total. The van der Waals surface area contributed by atoms with E-state index in [4.69, 9.17) is 11.6 Å². The van der Waals surface area contributed by atoms with Crippen LogP contribution in [0.1, 0.15) is 32.1 Å². The molecule has 0 spiro atoms. The van der Waals surface area contributed by atoms with Gasteiger partial charge in [0.2, 0.25) is 0 Å². The van der Waals surface area contributed by atoms with Crippen molar-refractivity contribution in [2.45, 2.75) is 38.1 Å². The third-order valence-electron chi connectivity index (χ3n) is 5.71. The molecule has 3 aromatic rings. The lowest BCUT2D eigenvalue weighted by Gasteiger charge is -2.42. The Morgan fingerprint density at radius 3 is 2.77 bits per heavy atom. The van der Waals surface area contributed by atoms with Crippen molar-refractivity contribution in [1.29, 1.82) is 0 Å². The van der Waals surface area contributed by atoms with E-state index in [9.17, 15) is 4.39 Å².